The van der Waals surface area contributed by atoms with Gasteiger partial charge in [-0.25, -0.2) is 0 Å². The molecular formula is C19H19N3O2S. The van der Waals surface area contributed by atoms with Gasteiger partial charge < -0.3 is 5.32 Å². The van der Waals surface area contributed by atoms with Crippen molar-refractivity contribution in [1.29, 1.82) is 0 Å². The molecule has 0 unspecified atom stereocenters. The van der Waals surface area contributed by atoms with Crippen molar-refractivity contribution in [3.8, 4) is 11.3 Å². The molecule has 0 fully saturated rings. The minimum absolute atomic E-state index is 0.0109. The summed E-state index contributed by atoms with van der Waals surface area (Å²) in [6, 6.07) is 13.0. The van der Waals surface area contributed by atoms with Crippen LogP contribution < -0.4 is 5.32 Å². The van der Waals surface area contributed by atoms with Crippen molar-refractivity contribution in [3.05, 3.63) is 65.0 Å². The summed E-state index contributed by atoms with van der Waals surface area (Å²) in [7, 11) is 0. The maximum absolute atomic E-state index is 12.0. The van der Waals surface area contributed by atoms with Crippen LogP contribution in [0.1, 0.15) is 23.2 Å². The number of benzene rings is 1. The van der Waals surface area contributed by atoms with E-state index >= 15 is 0 Å². The number of hydrogen-bond donors (Lipinski definition) is 1. The summed E-state index contributed by atoms with van der Waals surface area (Å²) in [4.78, 5) is 23.8. The lowest BCUT2D eigenvalue weighted by Crippen LogP contribution is -2.27. The summed E-state index contributed by atoms with van der Waals surface area (Å²) in [5.74, 6) is -0.127. The lowest BCUT2D eigenvalue weighted by molar-refractivity contribution is -0.121. The molecule has 0 spiro atoms. The van der Waals surface area contributed by atoms with E-state index < -0.39 is 0 Å². The molecule has 5 nitrogen and oxygen atoms in total. The number of amides is 1. The zero-order chi connectivity index (χ0) is 17.5. The molecule has 1 amide bonds. The van der Waals surface area contributed by atoms with Gasteiger partial charge in [0.15, 0.2) is 5.78 Å². The molecule has 6 heteroatoms. The Morgan fingerprint density at radius 1 is 1.08 bits per heavy atom. The Hall–Kier alpha value is -2.73. The van der Waals surface area contributed by atoms with Crippen LogP contribution in [-0.4, -0.2) is 28.0 Å². The maximum atomic E-state index is 12.0. The van der Waals surface area contributed by atoms with Crippen molar-refractivity contribution in [1.82, 2.24) is 15.1 Å². The fourth-order valence-corrected chi connectivity index (χ4v) is 3.09. The predicted molar refractivity (Wildman–Crippen MR) is 98.6 cm³/mol. The molecule has 3 aromatic rings. The minimum Gasteiger partial charge on any atom is -0.354 e. The molecule has 0 bridgehead atoms. The molecule has 2 aromatic heterocycles. The van der Waals surface area contributed by atoms with Gasteiger partial charge in [0.05, 0.1) is 12.2 Å². The van der Waals surface area contributed by atoms with Crippen LogP contribution >= 0.6 is 11.3 Å². The topological polar surface area (TPSA) is 64.0 Å². The normalized spacial score (nSPS) is 10.6. The van der Waals surface area contributed by atoms with E-state index in [-0.39, 0.29) is 24.5 Å². The van der Waals surface area contributed by atoms with Crippen LogP contribution in [0.3, 0.4) is 0 Å². The number of Topliss-reactive ketones (excluding diaryl/α,β-unsaturated/α-hetero) is 1. The summed E-state index contributed by atoms with van der Waals surface area (Å²) in [5.41, 5.74) is 2.68. The van der Waals surface area contributed by atoms with E-state index in [1.165, 1.54) is 0 Å². The second-order valence-electron chi connectivity index (χ2n) is 5.62. The average molecular weight is 353 g/mol. The van der Waals surface area contributed by atoms with Gasteiger partial charge in [0.25, 0.3) is 0 Å². The predicted octanol–water partition coefficient (Wildman–Crippen LogP) is 3.39. The molecule has 0 aliphatic carbocycles. The first-order valence-corrected chi connectivity index (χ1v) is 9.07. The number of carbonyl (C=O) groups excluding carboxylic acids is 2. The molecule has 2 heterocycles. The Kier molecular flexibility index (Phi) is 5.74. The fraction of sp³-hybridized carbons (Fsp3) is 0.211. The van der Waals surface area contributed by atoms with Gasteiger partial charge in [-0.3, -0.25) is 14.3 Å². The zero-order valence-electron chi connectivity index (χ0n) is 13.7. The molecule has 128 valence electrons. The number of rotatable bonds is 8. The monoisotopic (exact) mass is 353 g/mol. The van der Waals surface area contributed by atoms with Crippen molar-refractivity contribution in [2.24, 2.45) is 0 Å². The summed E-state index contributed by atoms with van der Waals surface area (Å²) < 4.78 is 1.81. The van der Waals surface area contributed by atoms with Crippen LogP contribution in [0.4, 0.5) is 0 Å². The Morgan fingerprint density at radius 3 is 2.68 bits per heavy atom. The first-order valence-electron chi connectivity index (χ1n) is 8.13. The lowest BCUT2D eigenvalue weighted by Gasteiger charge is -2.05. The van der Waals surface area contributed by atoms with Gasteiger partial charge in [-0.15, -0.1) is 0 Å². The van der Waals surface area contributed by atoms with Gasteiger partial charge >= 0.3 is 0 Å². The van der Waals surface area contributed by atoms with Crippen LogP contribution in [0.25, 0.3) is 11.3 Å². The third-order valence-electron chi connectivity index (χ3n) is 3.80. The lowest BCUT2D eigenvalue weighted by atomic mass is 10.1. The van der Waals surface area contributed by atoms with Gasteiger partial charge in [-0.1, -0.05) is 30.3 Å². The molecule has 1 N–H and O–H groups in total. The molecular weight excluding hydrogens is 334 g/mol. The first kappa shape index (κ1) is 17.1. The highest BCUT2D eigenvalue weighted by Gasteiger charge is 2.09. The van der Waals surface area contributed by atoms with E-state index in [9.17, 15) is 9.59 Å². The van der Waals surface area contributed by atoms with Gasteiger partial charge in [0.1, 0.15) is 0 Å². The second kappa shape index (κ2) is 8.39. The number of thiophene rings is 1. The van der Waals surface area contributed by atoms with Crippen molar-refractivity contribution >= 4 is 23.0 Å². The van der Waals surface area contributed by atoms with Gasteiger partial charge in [0, 0.05) is 42.1 Å². The van der Waals surface area contributed by atoms with E-state index in [4.69, 9.17) is 0 Å². The minimum atomic E-state index is -0.116. The van der Waals surface area contributed by atoms with Gasteiger partial charge in [-0.05, 0) is 17.5 Å². The average Bonchev–Trinajstić information content (AvgIpc) is 3.32. The first-order chi connectivity index (χ1) is 12.2. The Labute approximate surface area is 150 Å². The van der Waals surface area contributed by atoms with Crippen molar-refractivity contribution in [3.63, 3.8) is 0 Å². The van der Waals surface area contributed by atoms with Crippen LogP contribution in [0.5, 0.6) is 0 Å². The molecule has 0 radical (unpaired) electrons. The van der Waals surface area contributed by atoms with Gasteiger partial charge in [0.2, 0.25) is 5.91 Å². The Morgan fingerprint density at radius 2 is 1.92 bits per heavy atom. The van der Waals surface area contributed by atoms with E-state index in [2.05, 4.69) is 15.8 Å². The highest BCUT2D eigenvalue weighted by Crippen LogP contribution is 2.19. The second-order valence-corrected chi connectivity index (χ2v) is 6.40. The summed E-state index contributed by atoms with van der Waals surface area (Å²) in [6.07, 6.45) is 2.32. The quantitative estimate of drug-likeness (QED) is 0.631. The van der Waals surface area contributed by atoms with E-state index in [1.54, 1.807) is 23.5 Å². The molecule has 0 aliphatic heterocycles. The van der Waals surface area contributed by atoms with Crippen LogP contribution in [-0.2, 0) is 11.3 Å². The number of ketones is 1. The largest absolute Gasteiger partial charge is 0.354 e. The van der Waals surface area contributed by atoms with Crippen LogP contribution in [0, 0.1) is 0 Å². The molecule has 25 heavy (non-hydrogen) atoms. The van der Waals surface area contributed by atoms with E-state index in [1.807, 2.05) is 46.6 Å². The van der Waals surface area contributed by atoms with Crippen molar-refractivity contribution in [2.75, 3.05) is 6.54 Å². The number of hydrogen-bond acceptors (Lipinski definition) is 4. The maximum Gasteiger partial charge on any atom is 0.220 e. The Balaban J connectivity index is 1.39. The summed E-state index contributed by atoms with van der Waals surface area (Å²) in [6.45, 7) is 1.09. The van der Waals surface area contributed by atoms with Crippen LogP contribution in [0.2, 0.25) is 0 Å². The van der Waals surface area contributed by atoms with Crippen molar-refractivity contribution < 1.29 is 9.59 Å². The van der Waals surface area contributed by atoms with E-state index in [0.717, 1.165) is 11.3 Å². The fourth-order valence-electron chi connectivity index (χ4n) is 2.44. The Bertz CT molecular complexity index is 825. The van der Waals surface area contributed by atoms with Crippen molar-refractivity contribution in [2.45, 2.75) is 19.4 Å². The number of nitrogens with one attached hydrogen (secondary N) is 1. The number of nitrogens with zero attached hydrogens (tertiary/aromatic N) is 2. The van der Waals surface area contributed by atoms with Gasteiger partial charge in [-0.2, -0.15) is 16.4 Å². The molecule has 0 saturated carbocycles. The standard InChI is InChI=1S/C19H19N3O2S/c23-18(15-4-2-1-3-5-15)6-7-19(24)20-10-12-22-11-8-17(21-22)16-9-13-25-14-16/h1-5,8-9,11,13-14H,6-7,10,12H2,(H,20,24). The SMILES string of the molecule is O=C(CCC(=O)c1ccccc1)NCCn1ccc(-c2ccsc2)n1. The molecule has 0 saturated heterocycles. The number of carbonyl (C=O) groups is 2. The highest BCUT2D eigenvalue weighted by molar-refractivity contribution is 7.08. The number of aromatic nitrogens is 2. The molecule has 0 aliphatic rings. The third kappa shape index (κ3) is 4.87. The molecule has 3 rings (SSSR count). The van der Waals surface area contributed by atoms with Crippen LogP contribution in [0.15, 0.2) is 59.4 Å². The molecule has 0 atom stereocenters. The van der Waals surface area contributed by atoms with E-state index in [0.29, 0.717) is 18.7 Å². The third-order valence-corrected chi connectivity index (χ3v) is 4.48. The smallest absolute Gasteiger partial charge is 0.220 e. The summed E-state index contributed by atoms with van der Waals surface area (Å²) in [5, 5.41) is 11.4. The summed E-state index contributed by atoms with van der Waals surface area (Å²) >= 11 is 1.64. The zero-order valence-corrected chi connectivity index (χ0v) is 14.5. The highest BCUT2D eigenvalue weighted by atomic mass is 32.1. The molecule has 1 aromatic carbocycles.